The van der Waals surface area contributed by atoms with E-state index in [1.165, 1.54) is 25.9 Å². The number of fused-ring (bicyclic) bond motifs is 1. The van der Waals surface area contributed by atoms with Crippen molar-refractivity contribution in [2.75, 3.05) is 44.3 Å². The van der Waals surface area contributed by atoms with Gasteiger partial charge in [-0.2, -0.15) is 26.3 Å². The molecule has 0 aliphatic carbocycles. The number of anilines is 1. The quantitative estimate of drug-likeness (QED) is 0.588. The van der Waals surface area contributed by atoms with Gasteiger partial charge in [0, 0.05) is 57.8 Å². The summed E-state index contributed by atoms with van der Waals surface area (Å²) in [5, 5.41) is 14.2. The first-order valence-electron chi connectivity index (χ1n) is 10.2. The zero-order valence-electron chi connectivity index (χ0n) is 17.8. The molecule has 1 aromatic heterocycles. The number of carboxylic acid groups (broad SMARTS) is 2. The van der Waals surface area contributed by atoms with Gasteiger partial charge in [0.25, 0.3) is 0 Å². The number of aliphatic carboxylic acids is 2. The maximum Gasteiger partial charge on any atom is 0.490 e. The van der Waals surface area contributed by atoms with E-state index in [0.717, 1.165) is 50.1 Å². The molecule has 0 unspecified atom stereocenters. The maximum atomic E-state index is 10.6. The van der Waals surface area contributed by atoms with Gasteiger partial charge in [0.05, 0.1) is 0 Å². The molecule has 2 atom stereocenters. The summed E-state index contributed by atoms with van der Waals surface area (Å²) in [5.41, 5.74) is 0. The van der Waals surface area contributed by atoms with Crippen LogP contribution in [0.5, 0.6) is 0 Å². The molecule has 15 heteroatoms. The van der Waals surface area contributed by atoms with Crippen molar-refractivity contribution >= 4 is 17.9 Å². The van der Waals surface area contributed by atoms with Crippen molar-refractivity contribution in [2.45, 2.75) is 31.2 Å². The second-order valence-electron chi connectivity index (χ2n) is 7.88. The second-order valence-corrected chi connectivity index (χ2v) is 7.88. The Morgan fingerprint density at radius 2 is 1.26 bits per heavy atom. The molecule has 4 heterocycles. The molecule has 2 N–H and O–H groups in total. The van der Waals surface area contributed by atoms with Gasteiger partial charge in [-0.25, -0.2) is 19.6 Å². The number of hydrogen-bond donors (Lipinski definition) is 2. The van der Waals surface area contributed by atoms with Crippen LogP contribution in [0.2, 0.25) is 0 Å². The fourth-order valence-electron chi connectivity index (χ4n) is 4.00. The predicted octanol–water partition coefficient (Wildman–Crippen LogP) is 2.29. The number of rotatable bonds is 2. The van der Waals surface area contributed by atoms with Crippen LogP contribution in [0.3, 0.4) is 0 Å². The lowest BCUT2D eigenvalue weighted by atomic mass is 10.0. The molecule has 4 rings (SSSR count). The molecule has 34 heavy (non-hydrogen) atoms. The first-order valence-corrected chi connectivity index (χ1v) is 10.2. The second kappa shape index (κ2) is 11.6. The average molecular weight is 502 g/mol. The molecule has 3 aliphatic heterocycles. The molecule has 0 spiro atoms. The van der Waals surface area contributed by atoms with Crippen LogP contribution in [0.1, 0.15) is 12.8 Å². The van der Waals surface area contributed by atoms with Gasteiger partial charge in [0.15, 0.2) is 0 Å². The molecule has 0 bridgehead atoms. The molecule has 192 valence electrons. The molecule has 1 aromatic rings. The number of aromatic nitrogens is 2. The van der Waals surface area contributed by atoms with Gasteiger partial charge in [0.2, 0.25) is 5.95 Å². The third kappa shape index (κ3) is 8.27. The van der Waals surface area contributed by atoms with E-state index in [0.29, 0.717) is 0 Å². The zero-order valence-corrected chi connectivity index (χ0v) is 17.8. The van der Waals surface area contributed by atoms with E-state index in [2.05, 4.69) is 19.8 Å². The predicted molar refractivity (Wildman–Crippen MR) is 104 cm³/mol. The van der Waals surface area contributed by atoms with Crippen LogP contribution < -0.4 is 4.90 Å². The number of ether oxygens (including phenoxy) is 1. The molecular weight excluding hydrogens is 478 g/mol. The first kappa shape index (κ1) is 27.6. The molecule has 3 saturated heterocycles. The van der Waals surface area contributed by atoms with E-state index in [4.69, 9.17) is 24.5 Å². The topological polar surface area (TPSA) is 116 Å². The average Bonchev–Trinajstić information content (AvgIpc) is 3.34. The lowest BCUT2D eigenvalue weighted by Crippen LogP contribution is -2.40. The molecular formula is C19H24F6N4O5. The van der Waals surface area contributed by atoms with Gasteiger partial charge in [-0.3, -0.25) is 4.90 Å². The van der Waals surface area contributed by atoms with Crippen LogP contribution >= 0.6 is 0 Å². The highest BCUT2D eigenvalue weighted by molar-refractivity contribution is 5.73. The smallest absolute Gasteiger partial charge is 0.475 e. The molecule has 0 saturated carbocycles. The summed E-state index contributed by atoms with van der Waals surface area (Å²) in [4.78, 5) is 31.6. The largest absolute Gasteiger partial charge is 0.490 e. The summed E-state index contributed by atoms with van der Waals surface area (Å²) in [7, 11) is 0. The van der Waals surface area contributed by atoms with E-state index in [1.54, 1.807) is 0 Å². The summed E-state index contributed by atoms with van der Waals surface area (Å²) >= 11 is 0. The number of alkyl halides is 6. The Morgan fingerprint density at radius 1 is 0.853 bits per heavy atom. The van der Waals surface area contributed by atoms with Gasteiger partial charge < -0.3 is 19.8 Å². The summed E-state index contributed by atoms with van der Waals surface area (Å²) in [6.45, 7) is 6.63. The third-order valence-corrected chi connectivity index (χ3v) is 5.54. The van der Waals surface area contributed by atoms with E-state index >= 15 is 0 Å². The lowest BCUT2D eigenvalue weighted by molar-refractivity contribution is -0.193. The van der Waals surface area contributed by atoms with Crippen molar-refractivity contribution in [2.24, 2.45) is 11.8 Å². The van der Waals surface area contributed by atoms with Gasteiger partial charge in [-0.15, -0.1) is 0 Å². The van der Waals surface area contributed by atoms with Gasteiger partial charge in [-0.1, -0.05) is 0 Å². The highest BCUT2D eigenvalue weighted by Gasteiger charge is 2.43. The van der Waals surface area contributed by atoms with Gasteiger partial charge >= 0.3 is 24.3 Å². The number of likely N-dealkylation sites (tertiary alicyclic amines) is 1. The highest BCUT2D eigenvalue weighted by Crippen LogP contribution is 2.34. The summed E-state index contributed by atoms with van der Waals surface area (Å²) in [5.74, 6) is -3.03. The molecule has 0 amide bonds. The number of carboxylic acids is 2. The van der Waals surface area contributed by atoms with Crippen molar-refractivity contribution in [1.29, 1.82) is 0 Å². The Balaban J connectivity index is 0.000000244. The highest BCUT2D eigenvalue weighted by atomic mass is 19.4. The van der Waals surface area contributed by atoms with Gasteiger partial charge in [0.1, 0.15) is 0 Å². The number of nitrogens with zero attached hydrogens (tertiary/aromatic N) is 4. The fourth-order valence-corrected chi connectivity index (χ4v) is 4.00. The van der Waals surface area contributed by atoms with Crippen LogP contribution in [0.25, 0.3) is 0 Å². The summed E-state index contributed by atoms with van der Waals surface area (Å²) < 4.78 is 68.9. The monoisotopic (exact) mass is 502 g/mol. The van der Waals surface area contributed by atoms with Crippen molar-refractivity contribution in [1.82, 2.24) is 14.9 Å². The van der Waals surface area contributed by atoms with E-state index in [-0.39, 0.29) is 0 Å². The van der Waals surface area contributed by atoms with Crippen molar-refractivity contribution < 1.29 is 50.9 Å². The molecule has 0 radical (unpaired) electrons. The lowest BCUT2D eigenvalue weighted by Gasteiger charge is -2.32. The summed E-state index contributed by atoms with van der Waals surface area (Å²) in [6, 6.07) is 2.64. The number of halogens is 6. The Morgan fingerprint density at radius 3 is 1.65 bits per heavy atom. The normalized spacial score (nSPS) is 23.3. The Kier molecular flexibility index (Phi) is 9.44. The number of carbonyl (C=O) groups is 2. The molecule has 9 nitrogen and oxygen atoms in total. The van der Waals surface area contributed by atoms with Crippen LogP contribution in [0.4, 0.5) is 32.3 Å². The zero-order chi connectivity index (χ0) is 25.5. The minimum Gasteiger partial charge on any atom is -0.475 e. The Bertz CT molecular complexity index is 767. The number of hydrogen-bond acceptors (Lipinski definition) is 7. The van der Waals surface area contributed by atoms with E-state index in [9.17, 15) is 26.3 Å². The third-order valence-electron chi connectivity index (χ3n) is 5.54. The van der Waals surface area contributed by atoms with Crippen LogP contribution in [-0.4, -0.2) is 94.8 Å². The Labute approximate surface area is 190 Å². The molecule has 3 fully saturated rings. The standard InChI is InChI=1S/C15H22N4O.2C2HF3O2/c1-4-16-15(17-5-1)19-10-12-8-18(9-13(12)11-19)14-2-6-20-7-3-14;2*3-2(4,5)1(6)7/h1,4-5,12-14H,2-3,6-11H2;2*(H,6,7)/t12-,13+;;. The van der Waals surface area contributed by atoms with Crippen LogP contribution in [0.15, 0.2) is 18.5 Å². The molecule has 0 aromatic carbocycles. The van der Waals surface area contributed by atoms with Crippen LogP contribution in [0, 0.1) is 11.8 Å². The minimum atomic E-state index is -5.08. The van der Waals surface area contributed by atoms with Gasteiger partial charge in [-0.05, 0) is 30.7 Å². The summed E-state index contributed by atoms with van der Waals surface area (Å²) in [6.07, 6.45) is -4.06. The van der Waals surface area contributed by atoms with Crippen molar-refractivity contribution in [3.05, 3.63) is 18.5 Å². The SMILES string of the molecule is O=C(O)C(F)(F)F.O=C(O)C(F)(F)F.c1cnc(N2C[C@@H]3CN(C4CCOCC4)C[C@@H]3C2)nc1. The Hall–Kier alpha value is -2.68. The fraction of sp³-hybridized carbons (Fsp3) is 0.684. The van der Waals surface area contributed by atoms with Crippen LogP contribution in [-0.2, 0) is 14.3 Å². The van der Waals surface area contributed by atoms with E-state index < -0.39 is 24.3 Å². The first-order chi connectivity index (χ1) is 15.8. The van der Waals surface area contributed by atoms with Crippen molar-refractivity contribution in [3.63, 3.8) is 0 Å². The van der Waals surface area contributed by atoms with E-state index in [1.807, 2.05) is 18.5 Å². The minimum absolute atomic E-state index is 0.760. The maximum absolute atomic E-state index is 10.6. The van der Waals surface area contributed by atoms with Crippen molar-refractivity contribution in [3.8, 4) is 0 Å². The molecule has 3 aliphatic rings.